The van der Waals surface area contributed by atoms with Crippen molar-refractivity contribution in [1.29, 1.82) is 0 Å². The second kappa shape index (κ2) is 13.6. The van der Waals surface area contributed by atoms with Gasteiger partial charge in [0.25, 0.3) is 0 Å². The Morgan fingerprint density at radius 1 is 0.892 bits per heavy atom. The second-order valence-corrected chi connectivity index (χ2v) is 11.9. The maximum atomic E-state index is 12.6. The highest BCUT2D eigenvalue weighted by Crippen LogP contribution is 2.36. The van der Waals surface area contributed by atoms with Crippen molar-refractivity contribution in [3.05, 3.63) is 23.8 Å². The zero-order valence-electron chi connectivity index (χ0n) is 23.4. The summed E-state index contributed by atoms with van der Waals surface area (Å²) in [5.41, 5.74) is 5.81. The molecule has 1 rings (SSSR count). The Hall–Kier alpha value is -2.94. The molecule has 0 aromatic heterocycles. The molecular formula is C28H43NO8. The lowest BCUT2D eigenvalue weighted by Gasteiger charge is -2.26. The number of aliphatic carboxylic acids is 1. The molecule has 1 aromatic carbocycles. The number of carboxylic acids is 1. The van der Waals surface area contributed by atoms with Gasteiger partial charge in [0.05, 0.1) is 18.9 Å². The topological polar surface area (TPSA) is 142 Å². The van der Waals surface area contributed by atoms with Crippen LogP contribution in [-0.2, 0) is 23.9 Å². The minimum absolute atomic E-state index is 0.00720. The average Bonchev–Trinajstić information content (AvgIpc) is 2.70. The predicted octanol–water partition coefficient (Wildman–Crippen LogP) is 4.99. The normalized spacial score (nSPS) is 14.3. The minimum atomic E-state index is -1.32. The summed E-state index contributed by atoms with van der Waals surface area (Å²) in [4.78, 5) is 48.9. The van der Waals surface area contributed by atoms with Crippen LogP contribution in [0.5, 0.6) is 11.5 Å². The highest BCUT2D eigenvalue weighted by Gasteiger charge is 2.30. The molecule has 0 saturated heterocycles. The minimum Gasteiger partial charge on any atom is -0.480 e. The van der Waals surface area contributed by atoms with Gasteiger partial charge >= 0.3 is 23.9 Å². The molecule has 208 valence electrons. The third kappa shape index (κ3) is 12.2. The summed E-state index contributed by atoms with van der Waals surface area (Å²) in [6, 6.07) is 3.19. The van der Waals surface area contributed by atoms with Crippen LogP contribution in [0.4, 0.5) is 0 Å². The van der Waals surface area contributed by atoms with Gasteiger partial charge in [-0.05, 0) is 48.3 Å². The number of hydrogen-bond donors (Lipinski definition) is 2. The van der Waals surface area contributed by atoms with Crippen molar-refractivity contribution in [3.8, 4) is 11.5 Å². The van der Waals surface area contributed by atoms with Crippen molar-refractivity contribution in [2.75, 3.05) is 0 Å². The van der Waals surface area contributed by atoms with Gasteiger partial charge in [-0.3, -0.25) is 19.2 Å². The lowest BCUT2D eigenvalue weighted by atomic mass is 9.87. The van der Waals surface area contributed by atoms with Gasteiger partial charge in [-0.25, -0.2) is 0 Å². The highest BCUT2D eigenvalue weighted by atomic mass is 16.6. The van der Waals surface area contributed by atoms with E-state index >= 15 is 0 Å². The molecule has 0 saturated carbocycles. The first-order valence-electron chi connectivity index (χ1n) is 12.6. The quantitative estimate of drug-likeness (QED) is 0.287. The molecule has 0 fully saturated rings. The summed E-state index contributed by atoms with van der Waals surface area (Å²) >= 11 is 0. The summed E-state index contributed by atoms with van der Waals surface area (Å²) in [6.45, 7) is 14.9. The number of hydrogen-bond acceptors (Lipinski definition) is 8. The van der Waals surface area contributed by atoms with E-state index in [1.807, 2.05) is 48.5 Å². The molecule has 0 radical (unpaired) electrons. The van der Waals surface area contributed by atoms with Crippen LogP contribution in [0, 0.1) is 10.8 Å². The molecule has 0 amide bonds. The van der Waals surface area contributed by atoms with Gasteiger partial charge in [0.15, 0.2) is 11.5 Å². The van der Waals surface area contributed by atoms with E-state index in [-0.39, 0.29) is 54.0 Å². The summed E-state index contributed by atoms with van der Waals surface area (Å²) in [7, 11) is 0. The van der Waals surface area contributed by atoms with E-state index in [0.29, 0.717) is 12.0 Å². The predicted molar refractivity (Wildman–Crippen MR) is 139 cm³/mol. The van der Waals surface area contributed by atoms with Crippen molar-refractivity contribution < 1.29 is 38.5 Å². The van der Waals surface area contributed by atoms with Crippen LogP contribution >= 0.6 is 0 Å². The second-order valence-electron chi connectivity index (χ2n) is 11.9. The van der Waals surface area contributed by atoms with Crippen molar-refractivity contribution in [2.24, 2.45) is 16.6 Å². The highest BCUT2D eigenvalue weighted by molar-refractivity contribution is 5.78. The molecule has 0 aliphatic carbocycles. The lowest BCUT2D eigenvalue weighted by molar-refractivity contribution is -0.149. The third-order valence-electron chi connectivity index (χ3n) is 5.28. The van der Waals surface area contributed by atoms with Crippen LogP contribution in [0.3, 0.4) is 0 Å². The molecule has 3 N–H and O–H groups in total. The summed E-state index contributed by atoms with van der Waals surface area (Å²) in [6.07, 6.45) is 0.643. The average molecular weight is 522 g/mol. The van der Waals surface area contributed by atoms with Gasteiger partial charge in [-0.15, -0.1) is 0 Å². The largest absolute Gasteiger partial charge is 0.480 e. The fourth-order valence-corrected chi connectivity index (χ4v) is 3.66. The zero-order valence-corrected chi connectivity index (χ0v) is 23.4. The Labute approximate surface area is 220 Å². The first-order chi connectivity index (χ1) is 16.9. The first-order valence-corrected chi connectivity index (χ1v) is 12.6. The molecule has 9 nitrogen and oxygen atoms in total. The Balaban J connectivity index is 3.39. The first kappa shape index (κ1) is 32.1. The van der Waals surface area contributed by atoms with Crippen molar-refractivity contribution in [2.45, 2.75) is 106 Å². The number of benzene rings is 1. The SMILES string of the molecule is CCCC(=O)OC(C)CC(c1ccc(OC(=O)CC(C)(C)C)c(OC(=O)CC(C)(C)C)c1)[C@H](N)C(=O)O. The smallest absolute Gasteiger partial charge is 0.321 e. The van der Waals surface area contributed by atoms with E-state index in [1.165, 1.54) is 12.1 Å². The van der Waals surface area contributed by atoms with E-state index in [9.17, 15) is 24.3 Å². The van der Waals surface area contributed by atoms with E-state index < -0.39 is 36.0 Å². The summed E-state index contributed by atoms with van der Waals surface area (Å²) in [5.74, 6) is -3.37. The maximum Gasteiger partial charge on any atom is 0.321 e. The Morgan fingerprint density at radius 3 is 1.86 bits per heavy atom. The monoisotopic (exact) mass is 521 g/mol. The van der Waals surface area contributed by atoms with Gasteiger partial charge in [-0.1, -0.05) is 54.5 Å². The van der Waals surface area contributed by atoms with E-state index in [4.69, 9.17) is 19.9 Å². The van der Waals surface area contributed by atoms with Gasteiger partial charge in [0.1, 0.15) is 6.04 Å². The number of carbonyl (C=O) groups excluding carboxylic acids is 3. The van der Waals surface area contributed by atoms with Crippen LogP contribution in [-0.4, -0.2) is 41.1 Å². The number of carbonyl (C=O) groups is 4. The van der Waals surface area contributed by atoms with Crippen LogP contribution in [0.2, 0.25) is 0 Å². The molecular weight excluding hydrogens is 478 g/mol. The van der Waals surface area contributed by atoms with Gasteiger partial charge in [0.2, 0.25) is 0 Å². The molecule has 0 heterocycles. The van der Waals surface area contributed by atoms with Crippen molar-refractivity contribution in [3.63, 3.8) is 0 Å². The molecule has 3 atom stereocenters. The molecule has 0 bridgehead atoms. The van der Waals surface area contributed by atoms with E-state index in [1.54, 1.807) is 13.0 Å². The summed E-state index contributed by atoms with van der Waals surface area (Å²) < 4.78 is 16.5. The summed E-state index contributed by atoms with van der Waals surface area (Å²) in [5, 5.41) is 9.63. The Morgan fingerprint density at radius 2 is 1.41 bits per heavy atom. The van der Waals surface area contributed by atoms with Crippen LogP contribution in [0.25, 0.3) is 0 Å². The molecule has 0 spiro atoms. The van der Waals surface area contributed by atoms with E-state index in [0.717, 1.165) is 0 Å². The standard InChI is InChI=1S/C28H43NO8/c1-9-10-22(30)35-17(2)13-19(25(29)26(33)34)18-11-12-20(36-23(31)15-27(3,4)5)21(14-18)37-24(32)16-28(6,7)8/h11-12,14,17,19,25H,9-10,13,15-16,29H2,1-8H3,(H,33,34)/t17?,19?,25-/m0/s1. The number of nitrogens with two attached hydrogens (primary N) is 1. The van der Waals surface area contributed by atoms with Gasteiger partial charge in [0, 0.05) is 12.3 Å². The third-order valence-corrected chi connectivity index (χ3v) is 5.28. The maximum absolute atomic E-state index is 12.6. The van der Waals surface area contributed by atoms with Crippen LogP contribution in [0.1, 0.15) is 99.0 Å². The molecule has 0 aliphatic heterocycles. The molecule has 9 heteroatoms. The molecule has 1 aromatic rings. The van der Waals surface area contributed by atoms with Crippen LogP contribution < -0.4 is 15.2 Å². The van der Waals surface area contributed by atoms with Crippen LogP contribution in [0.15, 0.2) is 18.2 Å². The molecule has 2 unspecified atom stereocenters. The molecule has 0 aliphatic rings. The van der Waals surface area contributed by atoms with Gasteiger partial charge in [-0.2, -0.15) is 0 Å². The van der Waals surface area contributed by atoms with Crippen molar-refractivity contribution in [1.82, 2.24) is 0 Å². The lowest BCUT2D eigenvalue weighted by Crippen LogP contribution is -2.38. The fourth-order valence-electron chi connectivity index (χ4n) is 3.66. The number of rotatable bonds is 12. The number of carboxylic acid groups (broad SMARTS) is 1. The van der Waals surface area contributed by atoms with Crippen molar-refractivity contribution >= 4 is 23.9 Å². The fraction of sp³-hybridized carbons (Fsp3) is 0.643. The number of ether oxygens (including phenoxy) is 3. The van der Waals surface area contributed by atoms with E-state index in [2.05, 4.69) is 0 Å². The molecule has 37 heavy (non-hydrogen) atoms. The Kier molecular flexibility index (Phi) is 11.8. The Bertz CT molecular complexity index is 958. The zero-order chi connectivity index (χ0) is 28.6. The van der Waals surface area contributed by atoms with Gasteiger partial charge < -0.3 is 25.1 Å². The number of esters is 3.